The van der Waals surface area contributed by atoms with E-state index in [1.165, 1.54) is 41.4 Å². The number of rotatable bonds is 4. The fourth-order valence-corrected chi connectivity index (χ4v) is 3.50. The van der Waals surface area contributed by atoms with Crippen molar-refractivity contribution in [1.29, 1.82) is 0 Å². The van der Waals surface area contributed by atoms with Crippen LogP contribution in [0.15, 0.2) is 24.4 Å². The summed E-state index contributed by atoms with van der Waals surface area (Å²) in [6.07, 6.45) is 4.92. The zero-order chi connectivity index (χ0) is 13.4. The average molecular weight is 256 g/mol. The lowest BCUT2D eigenvalue weighted by Gasteiger charge is -2.20. The molecular weight excluding hydrogens is 232 g/mol. The Bertz CT molecular complexity index is 580. The number of hydrogen-bond donors (Lipinski definition) is 1. The highest BCUT2D eigenvalue weighted by molar-refractivity contribution is 5.87. The van der Waals surface area contributed by atoms with Gasteiger partial charge in [-0.3, -0.25) is 0 Å². The van der Waals surface area contributed by atoms with Crippen LogP contribution in [0.3, 0.4) is 0 Å². The van der Waals surface area contributed by atoms with Crippen LogP contribution < -0.4 is 5.32 Å². The summed E-state index contributed by atoms with van der Waals surface area (Å²) in [6, 6.07) is 6.83. The molecule has 1 unspecified atom stereocenters. The van der Waals surface area contributed by atoms with Gasteiger partial charge in [-0.2, -0.15) is 0 Å². The molecule has 1 aromatic heterocycles. The summed E-state index contributed by atoms with van der Waals surface area (Å²) in [6.45, 7) is 6.89. The van der Waals surface area contributed by atoms with Crippen LogP contribution in [0.1, 0.15) is 37.3 Å². The van der Waals surface area contributed by atoms with Gasteiger partial charge in [0.05, 0.1) is 5.52 Å². The SMILES string of the molecule is CNCC(c1cn2c3c(cccc13)CCC2)C(C)C. The first-order valence-electron chi connectivity index (χ1n) is 7.47. The smallest absolute Gasteiger partial charge is 0.0515 e. The van der Waals surface area contributed by atoms with E-state index in [2.05, 4.69) is 55.2 Å². The molecule has 0 fully saturated rings. The molecule has 0 amide bonds. The van der Waals surface area contributed by atoms with Gasteiger partial charge in [0.25, 0.3) is 0 Å². The third-order valence-corrected chi connectivity index (χ3v) is 4.49. The van der Waals surface area contributed by atoms with Gasteiger partial charge in [0, 0.05) is 30.6 Å². The highest BCUT2D eigenvalue weighted by atomic mass is 15.0. The first-order valence-corrected chi connectivity index (χ1v) is 7.47. The van der Waals surface area contributed by atoms with Crippen molar-refractivity contribution >= 4 is 10.9 Å². The van der Waals surface area contributed by atoms with Gasteiger partial charge in [0.2, 0.25) is 0 Å². The van der Waals surface area contributed by atoms with Crippen molar-refractivity contribution < 1.29 is 0 Å². The standard InChI is InChI=1S/C17H24N2/c1-12(2)15(10-18-3)16-11-19-9-5-7-13-6-4-8-14(16)17(13)19/h4,6,8,11-12,15,18H,5,7,9-10H2,1-3H3. The molecule has 2 heteroatoms. The number of likely N-dealkylation sites (N-methyl/N-ethyl adjacent to an activating group) is 1. The predicted octanol–water partition coefficient (Wildman–Crippen LogP) is 3.55. The Balaban J connectivity index is 2.17. The fraction of sp³-hybridized carbons (Fsp3) is 0.529. The zero-order valence-electron chi connectivity index (χ0n) is 12.2. The van der Waals surface area contributed by atoms with Crippen LogP contribution in [0.4, 0.5) is 0 Å². The topological polar surface area (TPSA) is 17.0 Å². The van der Waals surface area contributed by atoms with Crippen LogP contribution >= 0.6 is 0 Å². The second kappa shape index (κ2) is 5.01. The molecule has 1 atom stereocenters. The van der Waals surface area contributed by atoms with Gasteiger partial charge >= 0.3 is 0 Å². The quantitative estimate of drug-likeness (QED) is 0.885. The van der Waals surface area contributed by atoms with E-state index in [1.54, 1.807) is 0 Å². The van der Waals surface area contributed by atoms with Gasteiger partial charge in [0.15, 0.2) is 0 Å². The molecule has 102 valence electrons. The fourth-order valence-electron chi connectivity index (χ4n) is 3.50. The van der Waals surface area contributed by atoms with Gasteiger partial charge in [-0.1, -0.05) is 32.0 Å². The molecule has 0 spiro atoms. The molecule has 1 aliphatic rings. The maximum absolute atomic E-state index is 3.36. The van der Waals surface area contributed by atoms with Crippen molar-refractivity contribution in [2.24, 2.45) is 5.92 Å². The van der Waals surface area contributed by atoms with E-state index in [4.69, 9.17) is 0 Å². The third kappa shape index (κ3) is 2.08. The van der Waals surface area contributed by atoms with Crippen LogP contribution in [0, 0.1) is 5.92 Å². The molecule has 2 nitrogen and oxygen atoms in total. The summed E-state index contributed by atoms with van der Waals surface area (Å²) in [4.78, 5) is 0. The molecule has 1 aliphatic heterocycles. The minimum absolute atomic E-state index is 0.599. The Morgan fingerprint density at radius 3 is 2.89 bits per heavy atom. The molecular formula is C17H24N2. The van der Waals surface area contributed by atoms with Crippen LogP contribution in [0.25, 0.3) is 10.9 Å². The highest BCUT2D eigenvalue weighted by Gasteiger charge is 2.22. The predicted molar refractivity (Wildman–Crippen MR) is 81.8 cm³/mol. The maximum Gasteiger partial charge on any atom is 0.0515 e. The summed E-state index contributed by atoms with van der Waals surface area (Å²) in [5.74, 6) is 1.26. The highest BCUT2D eigenvalue weighted by Crippen LogP contribution is 2.35. The molecule has 1 aromatic carbocycles. The van der Waals surface area contributed by atoms with Crippen molar-refractivity contribution in [2.45, 2.75) is 39.2 Å². The lowest BCUT2D eigenvalue weighted by molar-refractivity contribution is 0.479. The molecule has 0 saturated carbocycles. The van der Waals surface area contributed by atoms with E-state index >= 15 is 0 Å². The van der Waals surface area contributed by atoms with E-state index in [0.717, 1.165) is 6.54 Å². The number of hydrogen-bond acceptors (Lipinski definition) is 1. The first kappa shape index (κ1) is 12.7. The minimum atomic E-state index is 0.599. The van der Waals surface area contributed by atoms with Crippen molar-refractivity contribution in [1.82, 2.24) is 9.88 Å². The monoisotopic (exact) mass is 256 g/mol. The maximum atomic E-state index is 3.36. The molecule has 3 rings (SSSR count). The molecule has 0 bridgehead atoms. The Morgan fingerprint density at radius 1 is 1.32 bits per heavy atom. The van der Waals surface area contributed by atoms with E-state index in [0.29, 0.717) is 11.8 Å². The molecule has 0 aliphatic carbocycles. The van der Waals surface area contributed by atoms with Gasteiger partial charge in [0.1, 0.15) is 0 Å². The van der Waals surface area contributed by atoms with Crippen LogP contribution in [-0.4, -0.2) is 18.2 Å². The third-order valence-electron chi connectivity index (χ3n) is 4.49. The van der Waals surface area contributed by atoms with Crippen molar-refractivity contribution in [3.05, 3.63) is 35.5 Å². The second-order valence-electron chi connectivity index (χ2n) is 6.10. The summed E-state index contributed by atoms with van der Waals surface area (Å²) in [5, 5.41) is 4.84. The first-order chi connectivity index (χ1) is 9.22. The Morgan fingerprint density at radius 2 is 2.16 bits per heavy atom. The number of aryl methyl sites for hydroxylation is 2. The van der Waals surface area contributed by atoms with Crippen molar-refractivity contribution in [3.8, 4) is 0 Å². The minimum Gasteiger partial charge on any atom is -0.347 e. The van der Waals surface area contributed by atoms with Gasteiger partial charge in [-0.25, -0.2) is 0 Å². The van der Waals surface area contributed by atoms with Crippen molar-refractivity contribution in [2.75, 3.05) is 13.6 Å². The summed E-state index contributed by atoms with van der Waals surface area (Å²) < 4.78 is 2.48. The number of para-hydroxylation sites is 1. The largest absolute Gasteiger partial charge is 0.347 e. The van der Waals surface area contributed by atoms with E-state index in [1.807, 2.05) is 0 Å². The molecule has 19 heavy (non-hydrogen) atoms. The molecule has 0 saturated heterocycles. The summed E-state index contributed by atoms with van der Waals surface area (Å²) in [5.41, 5.74) is 4.55. The number of nitrogens with zero attached hydrogens (tertiary/aromatic N) is 1. The van der Waals surface area contributed by atoms with Crippen LogP contribution in [0.2, 0.25) is 0 Å². The molecule has 2 heterocycles. The summed E-state index contributed by atoms with van der Waals surface area (Å²) in [7, 11) is 2.05. The lowest BCUT2D eigenvalue weighted by atomic mass is 9.87. The van der Waals surface area contributed by atoms with E-state index in [9.17, 15) is 0 Å². The second-order valence-corrected chi connectivity index (χ2v) is 6.10. The van der Waals surface area contributed by atoms with Crippen LogP contribution in [0.5, 0.6) is 0 Å². The van der Waals surface area contributed by atoms with Gasteiger partial charge < -0.3 is 9.88 Å². The Labute approximate surface area is 115 Å². The Hall–Kier alpha value is -1.28. The number of benzene rings is 1. The Kier molecular flexibility index (Phi) is 3.36. The summed E-state index contributed by atoms with van der Waals surface area (Å²) >= 11 is 0. The number of aromatic nitrogens is 1. The molecule has 2 aromatic rings. The molecule has 0 radical (unpaired) electrons. The van der Waals surface area contributed by atoms with E-state index < -0.39 is 0 Å². The number of nitrogens with one attached hydrogen (secondary N) is 1. The molecule has 1 N–H and O–H groups in total. The lowest BCUT2D eigenvalue weighted by Crippen LogP contribution is -2.21. The van der Waals surface area contributed by atoms with Crippen LogP contribution in [-0.2, 0) is 13.0 Å². The average Bonchev–Trinajstić information content (AvgIpc) is 2.77. The zero-order valence-corrected chi connectivity index (χ0v) is 12.2. The van der Waals surface area contributed by atoms with Gasteiger partial charge in [-0.15, -0.1) is 0 Å². The van der Waals surface area contributed by atoms with E-state index in [-0.39, 0.29) is 0 Å². The van der Waals surface area contributed by atoms with Gasteiger partial charge in [-0.05, 0) is 36.9 Å². The van der Waals surface area contributed by atoms with Crippen molar-refractivity contribution in [3.63, 3.8) is 0 Å². The normalized spacial score (nSPS) is 16.2.